The molecule has 56 heavy (non-hydrogen) atoms. The molecule has 0 radical (unpaired) electrons. The van der Waals surface area contributed by atoms with Crippen LogP contribution in [0.5, 0.6) is 0 Å². The number of hydrogen-bond acceptors (Lipinski definition) is 6. The van der Waals surface area contributed by atoms with Gasteiger partial charge in [0.15, 0.2) is 6.10 Å². The summed E-state index contributed by atoms with van der Waals surface area (Å²) in [6.45, 7) is 11.3. The molecule has 0 aromatic heterocycles. The van der Waals surface area contributed by atoms with Crippen LogP contribution in [-0.4, -0.2) is 37.2 Å². The summed E-state index contributed by atoms with van der Waals surface area (Å²) in [5.74, 6) is 0.711. The van der Waals surface area contributed by atoms with Gasteiger partial charge in [-0.2, -0.15) is 0 Å². The van der Waals surface area contributed by atoms with Gasteiger partial charge in [-0.25, -0.2) is 0 Å². The third kappa shape index (κ3) is 43.5. The topological polar surface area (TPSA) is 78.9 Å². The minimum atomic E-state index is -0.761. The van der Waals surface area contributed by atoms with E-state index < -0.39 is 6.10 Å². The van der Waals surface area contributed by atoms with Crippen LogP contribution in [0.2, 0.25) is 0 Å². The quantitative estimate of drug-likeness (QED) is 0.0347. The molecule has 0 saturated heterocycles. The molecule has 0 fully saturated rings. The second-order valence-electron chi connectivity index (χ2n) is 18.1. The van der Waals surface area contributed by atoms with E-state index in [9.17, 15) is 14.4 Å². The van der Waals surface area contributed by atoms with E-state index in [1.807, 2.05) is 0 Å². The Morgan fingerprint density at radius 1 is 0.339 bits per heavy atom. The Labute approximate surface area is 348 Å². The van der Waals surface area contributed by atoms with Crippen LogP contribution >= 0.6 is 0 Å². The Morgan fingerprint density at radius 3 is 0.875 bits per heavy atom. The van der Waals surface area contributed by atoms with E-state index in [0.717, 1.165) is 69.6 Å². The SMILES string of the molecule is CCCCCCCCCCCCCCCCCCCC(=O)OC[C@@H](COC(=O)CCCCCCCCC(C)C)OC(=O)CCCCCCCCCCCC(C)C. The van der Waals surface area contributed by atoms with E-state index in [-0.39, 0.29) is 31.1 Å². The summed E-state index contributed by atoms with van der Waals surface area (Å²) < 4.78 is 16.7. The van der Waals surface area contributed by atoms with Crippen LogP contribution in [-0.2, 0) is 28.6 Å². The summed E-state index contributed by atoms with van der Waals surface area (Å²) in [4.78, 5) is 37.8. The molecule has 0 aliphatic rings. The van der Waals surface area contributed by atoms with Crippen molar-refractivity contribution in [2.24, 2.45) is 11.8 Å². The zero-order valence-corrected chi connectivity index (χ0v) is 38.3. The predicted molar refractivity (Wildman–Crippen MR) is 238 cm³/mol. The summed E-state index contributed by atoms with van der Waals surface area (Å²) in [5.41, 5.74) is 0. The van der Waals surface area contributed by atoms with Crippen LogP contribution in [0.4, 0.5) is 0 Å². The lowest BCUT2D eigenvalue weighted by molar-refractivity contribution is -0.167. The normalized spacial score (nSPS) is 12.1. The fraction of sp³-hybridized carbons (Fsp3) is 0.940. The van der Waals surface area contributed by atoms with Gasteiger partial charge in [0.05, 0.1) is 0 Å². The molecule has 0 amide bonds. The highest BCUT2D eigenvalue weighted by Gasteiger charge is 2.19. The van der Waals surface area contributed by atoms with Gasteiger partial charge in [-0.3, -0.25) is 14.4 Å². The highest BCUT2D eigenvalue weighted by Crippen LogP contribution is 2.17. The molecule has 6 nitrogen and oxygen atoms in total. The molecule has 0 N–H and O–H groups in total. The van der Waals surface area contributed by atoms with Crippen molar-refractivity contribution in [1.82, 2.24) is 0 Å². The van der Waals surface area contributed by atoms with Crippen molar-refractivity contribution < 1.29 is 28.6 Å². The van der Waals surface area contributed by atoms with Crippen LogP contribution in [0, 0.1) is 11.8 Å². The fourth-order valence-electron chi connectivity index (χ4n) is 7.46. The maximum Gasteiger partial charge on any atom is 0.306 e. The minimum Gasteiger partial charge on any atom is -0.462 e. The van der Waals surface area contributed by atoms with Crippen LogP contribution in [0.1, 0.15) is 272 Å². The number of hydrogen-bond donors (Lipinski definition) is 0. The van der Waals surface area contributed by atoms with Gasteiger partial charge in [0.2, 0.25) is 0 Å². The lowest BCUT2D eigenvalue weighted by Crippen LogP contribution is -2.30. The Hall–Kier alpha value is -1.59. The molecular formula is C50H96O6. The number of unbranched alkanes of at least 4 members (excludes halogenated alkanes) is 29. The van der Waals surface area contributed by atoms with Gasteiger partial charge in [0.25, 0.3) is 0 Å². The second-order valence-corrected chi connectivity index (χ2v) is 18.1. The van der Waals surface area contributed by atoms with Crippen LogP contribution in [0.15, 0.2) is 0 Å². The summed E-state index contributed by atoms with van der Waals surface area (Å²) in [7, 11) is 0. The van der Waals surface area contributed by atoms with E-state index in [4.69, 9.17) is 14.2 Å². The first kappa shape index (κ1) is 54.4. The van der Waals surface area contributed by atoms with Crippen molar-refractivity contribution in [3.8, 4) is 0 Å². The summed E-state index contributed by atoms with van der Waals surface area (Å²) in [6.07, 6.45) is 42.5. The number of ether oxygens (including phenoxy) is 3. The molecule has 0 spiro atoms. The van der Waals surface area contributed by atoms with Crippen molar-refractivity contribution in [2.45, 2.75) is 278 Å². The molecule has 0 heterocycles. The van der Waals surface area contributed by atoms with E-state index in [1.165, 1.54) is 161 Å². The highest BCUT2D eigenvalue weighted by molar-refractivity contribution is 5.71. The van der Waals surface area contributed by atoms with Gasteiger partial charge in [0.1, 0.15) is 13.2 Å². The van der Waals surface area contributed by atoms with E-state index in [0.29, 0.717) is 19.3 Å². The number of esters is 3. The second kappa shape index (κ2) is 43.0. The van der Waals surface area contributed by atoms with Gasteiger partial charge in [-0.1, -0.05) is 234 Å². The molecule has 0 aliphatic heterocycles. The van der Waals surface area contributed by atoms with Gasteiger partial charge in [0, 0.05) is 19.3 Å². The summed E-state index contributed by atoms with van der Waals surface area (Å²) in [6, 6.07) is 0. The van der Waals surface area contributed by atoms with E-state index in [1.54, 1.807) is 0 Å². The molecule has 1 atom stereocenters. The smallest absolute Gasteiger partial charge is 0.306 e. The highest BCUT2D eigenvalue weighted by atomic mass is 16.6. The molecule has 0 bridgehead atoms. The first-order chi connectivity index (χ1) is 27.2. The van der Waals surface area contributed by atoms with Crippen LogP contribution in [0.3, 0.4) is 0 Å². The molecule has 0 saturated carbocycles. The standard InChI is InChI=1S/C50H96O6/c1-6-7-8-9-10-11-12-13-14-15-16-17-18-21-24-30-35-40-48(51)54-43-47(44-55-49(52)41-36-31-27-26-29-34-39-46(4)5)56-50(53)42-37-32-25-22-19-20-23-28-33-38-45(2)3/h45-47H,6-44H2,1-5H3/t47-/m0/s1. The molecule has 0 unspecified atom stereocenters. The molecule has 0 rings (SSSR count). The number of carbonyl (C=O) groups excluding carboxylic acids is 3. The Balaban J connectivity index is 4.26. The lowest BCUT2D eigenvalue weighted by atomic mass is 10.0. The van der Waals surface area contributed by atoms with Crippen molar-refractivity contribution >= 4 is 17.9 Å². The van der Waals surface area contributed by atoms with E-state index >= 15 is 0 Å². The van der Waals surface area contributed by atoms with Gasteiger partial charge in [-0.05, 0) is 31.1 Å². The van der Waals surface area contributed by atoms with Crippen molar-refractivity contribution in [3.63, 3.8) is 0 Å². The molecule has 6 heteroatoms. The fourth-order valence-corrected chi connectivity index (χ4v) is 7.46. The first-order valence-corrected chi connectivity index (χ1v) is 24.7. The van der Waals surface area contributed by atoms with Crippen LogP contribution in [0.25, 0.3) is 0 Å². The monoisotopic (exact) mass is 793 g/mol. The summed E-state index contributed by atoms with van der Waals surface area (Å²) >= 11 is 0. The van der Waals surface area contributed by atoms with Crippen LogP contribution < -0.4 is 0 Å². The zero-order valence-electron chi connectivity index (χ0n) is 38.3. The zero-order chi connectivity index (χ0) is 41.2. The largest absolute Gasteiger partial charge is 0.462 e. The minimum absolute atomic E-state index is 0.0651. The van der Waals surface area contributed by atoms with Crippen molar-refractivity contribution in [2.75, 3.05) is 13.2 Å². The maximum absolute atomic E-state index is 12.7. The Morgan fingerprint density at radius 2 is 0.589 bits per heavy atom. The molecule has 0 aromatic rings. The van der Waals surface area contributed by atoms with Crippen molar-refractivity contribution in [3.05, 3.63) is 0 Å². The molecule has 332 valence electrons. The van der Waals surface area contributed by atoms with Gasteiger partial charge in [-0.15, -0.1) is 0 Å². The van der Waals surface area contributed by atoms with Gasteiger partial charge >= 0.3 is 17.9 Å². The summed E-state index contributed by atoms with van der Waals surface area (Å²) in [5, 5.41) is 0. The van der Waals surface area contributed by atoms with Gasteiger partial charge < -0.3 is 14.2 Å². The number of carbonyl (C=O) groups is 3. The maximum atomic E-state index is 12.7. The number of rotatable bonds is 44. The molecule has 0 aliphatic carbocycles. The van der Waals surface area contributed by atoms with E-state index in [2.05, 4.69) is 34.6 Å². The lowest BCUT2D eigenvalue weighted by Gasteiger charge is -2.18. The molecule has 0 aromatic carbocycles. The molecular weight excluding hydrogens is 697 g/mol. The average molecular weight is 793 g/mol. The predicted octanol–water partition coefficient (Wildman–Crippen LogP) is 15.8. The first-order valence-electron chi connectivity index (χ1n) is 24.7. The third-order valence-electron chi connectivity index (χ3n) is 11.2. The third-order valence-corrected chi connectivity index (χ3v) is 11.2. The Bertz CT molecular complexity index is 854. The van der Waals surface area contributed by atoms with Crippen molar-refractivity contribution in [1.29, 1.82) is 0 Å². The Kier molecular flexibility index (Phi) is 41.8. The average Bonchev–Trinajstić information content (AvgIpc) is 3.16.